The molecule has 0 aliphatic carbocycles. The number of rotatable bonds is 6. The molecule has 1 atom stereocenters. The molecule has 164 valence electrons. The van der Waals surface area contributed by atoms with Crippen LogP contribution in [0.2, 0.25) is 10.0 Å². The molecule has 0 aliphatic heterocycles. The Bertz CT molecular complexity index is 1090. The number of hydrogen-bond donors (Lipinski definition) is 0. The summed E-state index contributed by atoms with van der Waals surface area (Å²) in [4.78, 5) is 11.7. The Morgan fingerprint density at radius 3 is 2.06 bits per heavy atom. The number of carbonyl (C=O) groups is 1. The van der Waals surface area contributed by atoms with Gasteiger partial charge in [0.15, 0.2) is 11.9 Å². The number of alkyl halides is 3. The normalized spacial score (nSPS) is 12.5. The molecular formula is C22H17Cl2F3O4. The summed E-state index contributed by atoms with van der Waals surface area (Å²) >= 11 is 11.9. The lowest BCUT2D eigenvalue weighted by Crippen LogP contribution is -2.26. The summed E-state index contributed by atoms with van der Waals surface area (Å²) in [5.41, 5.74) is -0.960. The summed E-state index contributed by atoms with van der Waals surface area (Å²) in [6.07, 6.45) is -5.33. The minimum absolute atomic E-state index is 0.0705. The molecule has 3 aromatic rings. The van der Waals surface area contributed by atoms with E-state index >= 15 is 0 Å². The van der Waals surface area contributed by atoms with Crippen LogP contribution in [0.4, 0.5) is 13.2 Å². The Hall–Kier alpha value is -2.64. The van der Waals surface area contributed by atoms with Crippen LogP contribution in [0.5, 0.6) is 17.2 Å². The van der Waals surface area contributed by atoms with Crippen molar-refractivity contribution in [1.82, 2.24) is 0 Å². The zero-order chi connectivity index (χ0) is 22.8. The molecule has 0 aliphatic rings. The molecule has 0 unspecified atom stereocenters. The summed E-state index contributed by atoms with van der Waals surface area (Å²) in [7, 11) is 0. The number of fused-ring (bicyclic) bond motifs is 1. The van der Waals surface area contributed by atoms with Gasteiger partial charge in [0.2, 0.25) is 0 Å². The smallest absolute Gasteiger partial charge is 0.416 e. The molecule has 0 amide bonds. The van der Waals surface area contributed by atoms with Gasteiger partial charge >= 0.3 is 12.1 Å². The van der Waals surface area contributed by atoms with Gasteiger partial charge in [-0.2, -0.15) is 13.2 Å². The number of hydrogen-bond acceptors (Lipinski definition) is 4. The fraction of sp³-hybridized carbons (Fsp3) is 0.227. The third-order valence-electron chi connectivity index (χ3n) is 4.26. The Morgan fingerprint density at radius 1 is 0.968 bits per heavy atom. The van der Waals surface area contributed by atoms with E-state index in [0.29, 0.717) is 11.5 Å². The zero-order valence-electron chi connectivity index (χ0n) is 16.4. The highest BCUT2D eigenvalue weighted by Gasteiger charge is 2.32. The molecule has 0 saturated heterocycles. The number of ether oxygens (including phenoxy) is 3. The van der Waals surface area contributed by atoms with Crippen LogP contribution in [-0.2, 0) is 15.7 Å². The van der Waals surface area contributed by atoms with E-state index < -0.39 is 23.8 Å². The highest BCUT2D eigenvalue weighted by atomic mass is 35.5. The van der Waals surface area contributed by atoms with Crippen LogP contribution < -0.4 is 9.47 Å². The number of benzene rings is 3. The zero-order valence-corrected chi connectivity index (χ0v) is 17.9. The third kappa shape index (κ3) is 5.54. The molecule has 4 nitrogen and oxygen atoms in total. The molecule has 0 N–H and O–H groups in total. The van der Waals surface area contributed by atoms with Crippen molar-refractivity contribution in [2.24, 2.45) is 0 Å². The standard InChI is InChI=1S/C22H17Cl2F3O4/c1-3-29-21(28)12(2)30-16-6-4-14-9-17(7-5-13(14)8-16)31-20-18(23)10-15(11-19(20)24)22(25,26)27/h4-12H,3H2,1-2H3/t12-/m1/s1. The summed E-state index contributed by atoms with van der Waals surface area (Å²) in [6, 6.07) is 11.7. The van der Waals surface area contributed by atoms with Crippen LogP contribution in [0, 0.1) is 0 Å². The monoisotopic (exact) mass is 472 g/mol. The third-order valence-corrected chi connectivity index (χ3v) is 4.82. The average Bonchev–Trinajstić information content (AvgIpc) is 2.70. The van der Waals surface area contributed by atoms with Crippen molar-refractivity contribution < 1.29 is 32.2 Å². The lowest BCUT2D eigenvalue weighted by molar-refractivity contribution is -0.150. The van der Waals surface area contributed by atoms with Crippen molar-refractivity contribution in [1.29, 1.82) is 0 Å². The number of halogens is 5. The van der Waals surface area contributed by atoms with Crippen LogP contribution in [-0.4, -0.2) is 18.7 Å². The van der Waals surface area contributed by atoms with Crippen molar-refractivity contribution in [2.75, 3.05) is 6.61 Å². The second kappa shape index (κ2) is 9.24. The molecule has 0 radical (unpaired) electrons. The van der Waals surface area contributed by atoms with E-state index in [4.69, 9.17) is 37.4 Å². The van der Waals surface area contributed by atoms with Crippen LogP contribution in [0.25, 0.3) is 10.8 Å². The SMILES string of the molecule is CCOC(=O)[C@@H](C)Oc1ccc2cc(Oc3c(Cl)cc(C(F)(F)F)cc3Cl)ccc2c1. The maximum atomic E-state index is 12.9. The second-order valence-electron chi connectivity index (χ2n) is 6.55. The minimum atomic E-state index is -4.57. The molecule has 0 aromatic heterocycles. The number of carbonyl (C=O) groups excluding carboxylic acids is 1. The summed E-state index contributed by atoms with van der Waals surface area (Å²) < 4.78 is 54.8. The van der Waals surface area contributed by atoms with E-state index in [2.05, 4.69) is 0 Å². The van der Waals surface area contributed by atoms with E-state index in [1.807, 2.05) is 0 Å². The van der Waals surface area contributed by atoms with Crippen LogP contribution in [0.1, 0.15) is 19.4 Å². The molecule has 0 fully saturated rings. The fourth-order valence-corrected chi connectivity index (χ4v) is 3.35. The van der Waals surface area contributed by atoms with Crippen molar-refractivity contribution in [3.05, 3.63) is 64.1 Å². The van der Waals surface area contributed by atoms with Gasteiger partial charge in [-0.25, -0.2) is 4.79 Å². The molecular weight excluding hydrogens is 456 g/mol. The lowest BCUT2D eigenvalue weighted by atomic mass is 10.1. The first-order chi connectivity index (χ1) is 14.6. The van der Waals surface area contributed by atoms with Gasteiger partial charge in [-0.3, -0.25) is 0 Å². The molecule has 0 heterocycles. The molecule has 3 aromatic carbocycles. The van der Waals surface area contributed by atoms with E-state index in [9.17, 15) is 18.0 Å². The average molecular weight is 473 g/mol. The predicted molar refractivity (Wildman–Crippen MR) is 112 cm³/mol. The molecule has 0 saturated carbocycles. The maximum absolute atomic E-state index is 12.9. The van der Waals surface area contributed by atoms with Crippen molar-refractivity contribution in [3.63, 3.8) is 0 Å². The lowest BCUT2D eigenvalue weighted by Gasteiger charge is -2.15. The second-order valence-corrected chi connectivity index (χ2v) is 7.37. The van der Waals surface area contributed by atoms with E-state index in [1.54, 1.807) is 50.2 Å². The highest BCUT2D eigenvalue weighted by molar-refractivity contribution is 6.37. The van der Waals surface area contributed by atoms with Gasteiger partial charge in [-0.05, 0) is 61.0 Å². The fourth-order valence-electron chi connectivity index (χ4n) is 2.79. The predicted octanol–water partition coefficient (Wildman–Crippen LogP) is 7.29. The summed E-state index contributed by atoms with van der Waals surface area (Å²) in [5.74, 6) is 0.288. The molecule has 9 heteroatoms. The quantitative estimate of drug-likeness (QED) is 0.353. The molecule has 0 spiro atoms. The van der Waals surface area contributed by atoms with Gasteiger partial charge < -0.3 is 14.2 Å². The largest absolute Gasteiger partial charge is 0.479 e. The van der Waals surface area contributed by atoms with Crippen molar-refractivity contribution >= 4 is 39.9 Å². The minimum Gasteiger partial charge on any atom is -0.479 e. The van der Waals surface area contributed by atoms with E-state index in [0.717, 1.165) is 22.9 Å². The van der Waals surface area contributed by atoms with Gasteiger partial charge in [0.1, 0.15) is 11.5 Å². The van der Waals surface area contributed by atoms with Crippen LogP contribution in [0.15, 0.2) is 48.5 Å². The van der Waals surface area contributed by atoms with E-state index in [1.165, 1.54) is 0 Å². The van der Waals surface area contributed by atoms with Crippen molar-refractivity contribution in [2.45, 2.75) is 26.1 Å². The summed E-state index contributed by atoms with van der Waals surface area (Å²) in [6.45, 7) is 3.57. The Kier molecular flexibility index (Phi) is 6.86. The topological polar surface area (TPSA) is 44.8 Å². The van der Waals surface area contributed by atoms with Gasteiger partial charge in [0, 0.05) is 0 Å². The van der Waals surface area contributed by atoms with Gasteiger partial charge in [0.25, 0.3) is 0 Å². The van der Waals surface area contributed by atoms with E-state index in [-0.39, 0.29) is 22.4 Å². The Balaban J connectivity index is 1.82. The first-order valence-corrected chi connectivity index (χ1v) is 9.95. The first-order valence-electron chi connectivity index (χ1n) is 9.19. The molecule has 3 rings (SSSR count). The van der Waals surface area contributed by atoms with Gasteiger partial charge in [-0.1, -0.05) is 35.3 Å². The van der Waals surface area contributed by atoms with Crippen LogP contribution in [0.3, 0.4) is 0 Å². The Morgan fingerprint density at radius 2 is 1.52 bits per heavy atom. The van der Waals surface area contributed by atoms with Crippen molar-refractivity contribution in [3.8, 4) is 17.2 Å². The van der Waals surface area contributed by atoms with Gasteiger partial charge in [0.05, 0.1) is 22.2 Å². The highest BCUT2D eigenvalue weighted by Crippen LogP contribution is 2.42. The maximum Gasteiger partial charge on any atom is 0.416 e. The Labute approximate surface area is 186 Å². The number of esters is 1. The molecule has 31 heavy (non-hydrogen) atoms. The van der Waals surface area contributed by atoms with Crippen LogP contribution >= 0.6 is 23.2 Å². The first kappa shape index (κ1) is 23.0. The summed E-state index contributed by atoms with van der Waals surface area (Å²) in [5, 5.41) is 1.06. The van der Waals surface area contributed by atoms with Gasteiger partial charge in [-0.15, -0.1) is 0 Å². The molecule has 0 bridgehead atoms.